The number of carbonyl (C=O) groups excluding carboxylic acids is 2. The van der Waals surface area contributed by atoms with Crippen molar-refractivity contribution in [1.82, 2.24) is 10.3 Å². The van der Waals surface area contributed by atoms with Crippen molar-refractivity contribution < 1.29 is 19.4 Å². The number of urea groups is 1. The standard InChI is InChI=1S/C27H24N4O4/c1-35-26(33)17-7-14-21-22(15-17)31-25(32)23(21)24(16-5-3-2-4-6-16)28-18-8-10-19(11-9-18)29-27(34)30-20-12-13-20/h2-11,14-15,20,31-32H,12-13H2,1H3,(H2,29,30,34). The van der Waals surface area contributed by atoms with Crippen LogP contribution in [-0.4, -0.2) is 41.0 Å². The van der Waals surface area contributed by atoms with Gasteiger partial charge < -0.3 is 25.5 Å². The fraction of sp³-hybridized carbons (Fsp3) is 0.148. The number of fused-ring (bicyclic) bond motifs is 1. The van der Waals surface area contributed by atoms with Crippen molar-refractivity contribution in [1.29, 1.82) is 0 Å². The van der Waals surface area contributed by atoms with Crippen molar-refractivity contribution in [3.63, 3.8) is 0 Å². The Hall–Kier alpha value is -4.59. The van der Waals surface area contributed by atoms with E-state index in [0.29, 0.717) is 39.1 Å². The third-order valence-corrected chi connectivity index (χ3v) is 5.76. The minimum atomic E-state index is -0.459. The van der Waals surface area contributed by atoms with E-state index in [4.69, 9.17) is 9.73 Å². The zero-order chi connectivity index (χ0) is 24.4. The number of aromatic amines is 1. The van der Waals surface area contributed by atoms with E-state index in [9.17, 15) is 14.7 Å². The highest BCUT2D eigenvalue weighted by Crippen LogP contribution is 2.32. The van der Waals surface area contributed by atoms with Crippen LogP contribution in [0.25, 0.3) is 10.9 Å². The van der Waals surface area contributed by atoms with Gasteiger partial charge in [-0.15, -0.1) is 0 Å². The number of esters is 1. The number of rotatable bonds is 6. The van der Waals surface area contributed by atoms with Gasteiger partial charge in [0.25, 0.3) is 0 Å². The summed E-state index contributed by atoms with van der Waals surface area (Å²) >= 11 is 0. The van der Waals surface area contributed by atoms with Crippen LogP contribution in [0.3, 0.4) is 0 Å². The summed E-state index contributed by atoms with van der Waals surface area (Å²) < 4.78 is 4.80. The number of methoxy groups -OCH3 is 1. The number of amides is 2. The molecular formula is C27H24N4O4. The summed E-state index contributed by atoms with van der Waals surface area (Å²) in [6.45, 7) is 0. The van der Waals surface area contributed by atoms with Crippen LogP contribution in [-0.2, 0) is 4.74 Å². The molecule has 0 radical (unpaired) electrons. The van der Waals surface area contributed by atoms with E-state index in [0.717, 1.165) is 18.4 Å². The van der Waals surface area contributed by atoms with Crippen LogP contribution in [0.1, 0.15) is 34.3 Å². The zero-order valence-corrected chi connectivity index (χ0v) is 19.0. The van der Waals surface area contributed by atoms with Crippen molar-refractivity contribution >= 4 is 40.0 Å². The summed E-state index contributed by atoms with van der Waals surface area (Å²) in [5, 5.41) is 17.3. The second kappa shape index (κ2) is 9.34. The van der Waals surface area contributed by atoms with Crippen LogP contribution >= 0.6 is 0 Å². The molecule has 4 aromatic rings. The molecule has 1 saturated carbocycles. The topological polar surface area (TPSA) is 116 Å². The van der Waals surface area contributed by atoms with E-state index >= 15 is 0 Å². The number of aromatic hydroxyl groups is 1. The maximum atomic E-state index is 12.0. The molecule has 5 rings (SSSR count). The number of H-pyrrole nitrogens is 1. The lowest BCUT2D eigenvalue weighted by molar-refractivity contribution is 0.0601. The number of nitrogens with one attached hydrogen (secondary N) is 3. The highest BCUT2D eigenvalue weighted by atomic mass is 16.5. The summed E-state index contributed by atoms with van der Waals surface area (Å²) in [5.74, 6) is -0.515. The number of carbonyl (C=O) groups is 2. The molecule has 0 aliphatic heterocycles. The summed E-state index contributed by atoms with van der Waals surface area (Å²) in [4.78, 5) is 31.7. The fourth-order valence-corrected chi connectivity index (χ4v) is 3.86. The average molecular weight is 469 g/mol. The number of aliphatic imine (C=N–C) groups is 1. The summed E-state index contributed by atoms with van der Waals surface area (Å²) in [5.41, 5.74) is 4.17. The molecule has 1 fully saturated rings. The van der Waals surface area contributed by atoms with Gasteiger partial charge >= 0.3 is 12.0 Å². The molecule has 1 heterocycles. The van der Waals surface area contributed by atoms with Crippen LogP contribution in [0.4, 0.5) is 16.2 Å². The van der Waals surface area contributed by atoms with E-state index in [2.05, 4.69) is 15.6 Å². The second-order valence-electron chi connectivity index (χ2n) is 8.35. The normalized spacial score (nSPS) is 13.5. The van der Waals surface area contributed by atoms with E-state index in [-0.39, 0.29) is 18.0 Å². The Labute approximate surface area is 201 Å². The lowest BCUT2D eigenvalue weighted by Gasteiger charge is -2.09. The van der Waals surface area contributed by atoms with Crippen LogP contribution in [0.2, 0.25) is 0 Å². The molecule has 176 valence electrons. The highest BCUT2D eigenvalue weighted by Gasteiger charge is 2.23. The van der Waals surface area contributed by atoms with Gasteiger partial charge in [0.1, 0.15) is 0 Å². The van der Waals surface area contributed by atoms with Crippen molar-refractivity contribution in [2.75, 3.05) is 12.4 Å². The van der Waals surface area contributed by atoms with Crippen molar-refractivity contribution in [3.8, 4) is 5.88 Å². The van der Waals surface area contributed by atoms with Crippen LogP contribution < -0.4 is 10.6 Å². The van der Waals surface area contributed by atoms with Gasteiger partial charge in [-0.3, -0.25) is 0 Å². The lowest BCUT2D eigenvalue weighted by Crippen LogP contribution is -2.30. The lowest BCUT2D eigenvalue weighted by atomic mass is 10.00. The molecule has 1 aromatic heterocycles. The van der Waals surface area contributed by atoms with Gasteiger partial charge in [-0.05, 0) is 49.2 Å². The van der Waals surface area contributed by atoms with E-state index < -0.39 is 5.97 Å². The Bertz CT molecular complexity index is 1420. The van der Waals surface area contributed by atoms with Crippen LogP contribution in [0, 0.1) is 0 Å². The summed E-state index contributed by atoms with van der Waals surface area (Å²) in [7, 11) is 1.32. The number of aromatic nitrogens is 1. The predicted octanol–water partition coefficient (Wildman–Crippen LogP) is 5.11. The molecule has 1 aliphatic carbocycles. The minimum Gasteiger partial charge on any atom is -0.494 e. The van der Waals surface area contributed by atoms with E-state index in [1.807, 2.05) is 30.3 Å². The molecule has 2 amide bonds. The molecule has 4 N–H and O–H groups in total. The smallest absolute Gasteiger partial charge is 0.337 e. The van der Waals surface area contributed by atoms with Gasteiger partial charge in [0.15, 0.2) is 5.88 Å². The third-order valence-electron chi connectivity index (χ3n) is 5.76. The molecule has 0 atom stereocenters. The Morgan fingerprint density at radius 3 is 2.43 bits per heavy atom. The molecule has 8 nitrogen and oxygen atoms in total. The van der Waals surface area contributed by atoms with Crippen molar-refractivity contribution in [2.24, 2.45) is 4.99 Å². The Morgan fingerprint density at radius 2 is 1.74 bits per heavy atom. The summed E-state index contributed by atoms with van der Waals surface area (Å²) in [6, 6.07) is 21.8. The molecule has 0 unspecified atom stereocenters. The van der Waals surface area contributed by atoms with E-state index in [1.165, 1.54) is 7.11 Å². The largest absolute Gasteiger partial charge is 0.494 e. The number of benzene rings is 3. The maximum Gasteiger partial charge on any atom is 0.337 e. The average Bonchev–Trinajstić information content (AvgIpc) is 3.63. The first-order valence-corrected chi connectivity index (χ1v) is 11.3. The van der Waals surface area contributed by atoms with Gasteiger partial charge in [0.2, 0.25) is 0 Å². The monoisotopic (exact) mass is 468 g/mol. The number of hydrogen-bond acceptors (Lipinski definition) is 5. The number of anilines is 1. The molecule has 0 saturated heterocycles. The molecular weight excluding hydrogens is 444 g/mol. The van der Waals surface area contributed by atoms with Gasteiger partial charge in [-0.2, -0.15) is 0 Å². The number of nitrogens with zero attached hydrogens (tertiary/aromatic N) is 1. The Morgan fingerprint density at radius 1 is 1.00 bits per heavy atom. The first-order valence-electron chi connectivity index (χ1n) is 11.3. The third kappa shape index (κ3) is 4.86. The van der Waals surface area contributed by atoms with Crippen molar-refractivity contribution in [2.45, 2.75) is 18.9 Å². The Kier molecular flexibility index (Phi) is 5.93. The minimum absolute atomic E-state index is 0.0559. The Balaban J connectivity index is 1.52. The number of ether oxygens (including phenoxy) is 1. The summed E-state index contributed by atoms with van der Waals surface area (Å²) in [6.07, 6.45) is 2.04. The molecule has 0 spiro atoms. The SMILES string of the molecule is COC(=O)c1ccc2c(C(=Nc3ccc(NC(=O)NC4CC4)cc3)c3ccccc3)c(O)[nH]c2c1. The van der Waals surface area contributed by atoms with E-state index in [1.54, 1.807) is 42.5 Å². The molecule has 0 bridgehead atoms. The number of hydrogen-bond donors (Lipinski definition) is 4. The maximum absolute atomic E-state index is 12.0. The van der Waals surface area contributed by atoms with Gasteiger partial charge in [0, 0.05) is 28.2 Å². The van der Waals surface area contributed by atoms with Gasteiger partial charge in [-0.1, -0.05) is 36.4 Å². The highest BCUT2D eigenvalue weighted by molar-refractivity contribution is 6.22. The molecule has 1 aliphatic rings. The molecule has 8 heteroatoms. The first kappa shape index (κ1) is 22.2. The first-order chi connectivity index (χ1) is 17.0. The van der Waals surface area contributed by atoms with Crippen LogP contribution in [0.15, 0.2) is 77.8 Å². The zero-order valence-electron chi connectivity index (χ0n) is 19.0. The van der Waals surface area contributed by atoms with Gasteiger partial charge in [0.05, 0.1) is 29.6 Å². The predicted molar refractivity (Wildman–Crippen MR) is 135 cm³/mol. The quantitative estimate of drug-likeness (QED) is 0.232. The van der Waals surface area contributed by atoms with Gasteiger partial charge in [-0.25, -0.2) is 14.6 Å². The van der Waals surface area contributed by atoms with Crippen LogP contribution in [0.5, 0.6) is 5.88 Å². The second-order valence-corrected chi connectivity index (χ2v) is 8.35. The molecule has 3 aromatic carbocycles. The molecule has 35 heavy (non-hydrogen) atoms. The fourth-order valence-electron chi connectivity index (χ4n) is 3.86. The van der Waals surface area contributed by atoms with Crippen molar-refractivity contribution in [3.05, 3.63) is 89.5 Å².